The highest BCUT2D eigenvalue weighted by Gasteiger charge is 2.44. The normalized spacial score (nSPS) is 14.4. The van der Waals surface area contributed by atoms with Crippen molar-refractivity contribution in [3.8, 4) is 12.3 Å². The Hall–Kier alpha value is -4.32. The van der Waals surface area contributed by atoms with Crippen LogP contribution in [0, 0.1) is 18.3 Å². The van der Waals surface area contributed by atoms with Crippen molar-refractivity contribution in [3.63, 3.8) is 0 Å². The zero-order chi connectivity index (χ0) is 35.7. The summed E-state index contributed by atoms with van der Waals surface area (Å²) in [6.07, 6.45) is 5.88. The summed E-state index contributed by atoms with van der Waals surface area (Å²) in [6.45, 7) is 19.7. The third-order valence-corrected chi connectivity index (χ3v) is 7.32. The van der Waals surface area contributed by atoms with Gasteiger partial charge in [0.2, 0.25) is 11.8 Å². The number of amides is 3. The zero-order valence-electron chi connectivity index (χ0n) is 29.9. The van der Waals surface area contributed by atoms with E-state index in [9.17, 15) is 19.2 Å². The molecule has 2 aromatic carbocycles. The lowest BCUT2D eigenvalue weighted by Crippen LogP contribution is -2.61. The van der Waals surface area contributed by atoms with Crippen LogP contribution in [-0.4, -0.2) is 57.6 Å². The summed E-state index contributed by atoms with van der Waals surface area (Å²) in [4.78, 5) is 57.4. The fourth-order valence-corrected chi connectivity index (χ4v) is 5.04. The third kappa shape index (κ3) is 11.8. The number of benzene rings is 2. The standard InChI is InChI=1S/C38H53N3O6/c1-13-25(3)30(40-35(45)47-38(10,11)12)33(43)41(36(4,5)6)31(28-23-19-18-22-27(28)14-2)32(42)39-29(34(44)46-37(7,8)9)24-26-20-16-15-17-21-26/h2,15-23,25,29-31H,13,24H2,1,3-12H3,(H,39,42)(H,40,45). The molecule has 0 aromatic heterocycles. The summed E-state index contributed by atoms with van der Waals surface area (Å²) in [7, 11) is 0. The first-order chi connectivity index (χ1) is 21.7. The Balaban J connectivity index is 2.73. The van der Waals surface area contributed by atoms with Crippen molar-refractivity contribution >= 4 is 23.9 Å². The number of carbonyl (C=O) groups is 4. The number of nitrogens with one attached hydrogen (secondary N) is 2. The molecule has 0 saturated heterocycles. The van der Waals surface area contributed by atoms with Crippen LogP contribution in [0.5, 0.6) is 0 Å². The summed E-state index contributed by atoms with van der Waals surface area (Å²) >= 11 is 0. The van der Waals surface area contributed by atoms with Crippen molar-refractivity contribution in [1.82, 2.24) is 15.5 Å². The molecule has 0 aliphatic heterocycles. The van der Waals surface area contributed by atoms with E-state index < -0.39 is 58.7 Å². The van der Waals surface area contributed by atoms with Gasteiger partial charge in [-0.15, -0.1) is 6.42 Å². The molecule has 0 fully saturated rings. The predicted octanol–water partition coefficient (Wildman–Crippen LogP) is 6.34. The highest BCUT2D eigenvalue weighted by molar-refractivity contribution is 5.95. The van der Waals surface area contributed by atoms with Crippen LogP contribution in [0.25, 0.3) is 0 Å². The molecule has 0 saturated carbocycles. The van der Waals surface area contributed by atoms with Gasteiger partial charge in [-0.05, 0) is 85.4 Å². The van der Waals surface area contributed by atoms with E-state index in [1.165, 1.54) is 4.90 Å². The second-order valence-corrected chi connectivity index (χ2v) is 14.8. The van der Waals surface area contributed by atoms with Crippen molar-refractivity contribution in [3.05, 3.63) is 71.3 Å². The van der Waals surface area contributed by atoms with E-state index in [1.807, 2.05) is 44.2 Å². The van der Waals surface area contributed by atoms with E-state index in [0.29, 0.717) is 17.5 Å². The van der Waals surface area contributed by atoms with Gasteiger partial charge < -0.3 is 25.0 Å². The SMILES string of the molecule is C#Cc1ccccc1C(C(=O)NC(Cc1ccccc1)C(=O)OC(C)(C)C)N(C(=O)C(NC(=O)OC(C)(C)C)C(C)CC)C(C)(C)C. The van der Waals surface area contributed by atoms with Crippen LogP contribution in [0.3, 0.4) is 0 Å². The Morgan fingerprint density at radius 1 is 0.830 bits per heavy atom. The Labute approximate surface area is 281 Å². The first-order valence-corrected chi connectivity index (χ1v) is 16.1. The fraction of sp³-hybridized carbons (Fsp3) is 0.526. The number of nitrogens with zero attached hydrogens (tertiary/aromatic N) is 1. The lowest BCUT2D eigenvalue weighted by atomic mass is 9.90. The van der Waals surface area contributed by atoms with Gasteiger partial charge in [-0.3, -0.25) is 9.59 Å². The van der Waals surface area contributed by atoms with Gasteiger partial charge in [-0.2, -0.15) is 0 Å². The van der Waals surface area contributed by atoms with Gasteiger partial charge in [0.1, 0.15) is 29.3 Å². The summed E-state index contributed by atoms with van der Waals surface area (Å²) in [5, 5.41) is 5.68. The number of esters is 1. The third-order valence-electron chi connectivity index (χ3n) is 7.32. The maximum atomic E-state index is 14.7. The molecule has 47 heavy (non-hydrogen) atoms. The molecule has 256 valence electrons. The van der Waals surface area contributed by atoms with Gasteiger partial charge in [-0.25, -0.2) is 9.59 Å². The van der Waals surface area contributed by atoms with Crippen LogP contribution in [-0.2, 0) is 30.3 Å². The monoisotopic (exact) mass is 647 g/mol. The second-order valence-electron chi connectivity index (χ2n) is 14.8. The molecule has 0 heterocycles. The minimum Gasteiger partial charge on any atom is -0.458 e. The molecule has 2 aromatic rings. The molecular formula is C38H53N3O6. The molecule has 0 bridgehead atoms. The number of carbonyl (C=O) groups excluding carboxylic acids is 4. The lowest BCUT2D eigenvalue weighted by Gasteiger charge is -2.44. The highest BCUT2D eigenvalue weighted by Crippen LogP contribution is 2.33. The molecule has 2 N–H and O–H groups in total. The Morgan fingerprint density at radius 2 is 1.38 bits per heavy atom. The van der Waals surface area contributed by atoms with Gasteiger partial charge in [0, 0.05) is 17.5 Å². The van der Waals surface area contributed by atoms with Crippen LogP contribution in [0.1, 0.15) is 105 Å². The number of ether oxygens (including phenoxy) is 2. The van der Waals surface area contributed by atoms with Crippen LogP contribution < -0.4 is 10.6 Å². The van der Waals surface area contributed by atoms with Crippen LogP contribution in [0.4, 0.5) is 4.79 Å². The first-order valence-electron chi connectivity index (χ1n) is 16.1. The quantitative estimate of drug-likeness (QED) is 0.217. The zero-order valence-corrected chi connectivity index (χ0v) is 29.9. The van der Waals surface area contributed by atoms with Crippen molar-refractivity contribution in [2.45, 2.75) is 124 Å². The van der Waals surface area contributed by atoms with Gasteiger partial charge in [0.15, 0.2) is 0 Å². The molecule has 9 nitrogen and oxygen atoms in total. The van der Waals surface area contributed by atoms with Crippen molar-refractivity contribution in [2.24, 2.45) is 5.92 Å². The number of hydrogen-bond acceptors (Lipinski definition) is 6. The summed E-state index contributed by atoms with van der Waals surface area (Å²) < 4.78 is 11.2. The van der Waals surface area contributed by atoms with E-state index in [0.717, 1.165) is 5.56 Å². The fourth-order valence-electron chi connectivity index (χ4n) is 5.04. The van der Waals surface area contributed by atoms with Gasteiger partial charge in [0.05, 0.1) is 0 Å². The van der Waals surface area contributed by atoms with E-state index in [4.69, 9.17) is 15.9 Å². The molecule has 0 aliphatic carbocycles. The van der Waals surface area contributed by atoms with Crippen molar-refractivity contribution in [1.29, 1.82) is 0 Å². The summed E-state index contributed by atoms with van der Waals surface area (Å²) in [5.41, 5.74) is -0.934. The minimum absolute atomic E-state index is 0.157. The van der Waals surface area contributed by atoms with Gasteiger partial charge >= 0.3 is 12.1 Å². The van der Waals surface area contributed by atoms with E-state index in [-0.39, 0.29) is 12.3 Å². The molecule has 2 rings (SSSR count). The predicted molar refractivity (Wildman–Crippen MR) is 184 cm³/mol. The van der Waals surface area contributed by atoms with E-state index >= 15 is 0 Å². The first kappa shape index (κ1) is 38.9. The maximum Gasteiger partial charge on any atom is 0.408 e. The topological polar surface area (TPSA) is 114 Å². The molecule has 4 atom stereocenters. The number of terminal acetylenes is 1. The average molecular weight is 648 g/mol. The molecule has 0 radical (unpaired) electrons. The van der Waals surface area contributed by atoms with E-state index in [2.05, 4.69) is 16.6 Å². The summed E-state index contributed by atoms with van der Waals surface area (Å²) in [5.74, 6) is 0.589. The van der Waals surface area contributed by atoms with E-state index in [1.54, 1.807) is 86.6 Å². The number of hydrogen-bond donors (Lipinski definition) is 2. The Kier molecular flexibility index (Phi) is 13.2. The smallest absolute Gasteiger partial charge is 0.408 e. The number of rotatable bonds is 11. The molecule has 3 amide bonds. The Morgan fingerprint density at radius 3 is 1.89 bits per heavy atom. The van der Waals surface area contributed by atoms with Gasteiger partial charge in [-0.1, -0.05) is 74.7 Å². The van der Waals surface area contributed by atoms with Crippen LogP contribution in [0.15, 0.2) is 54.6 Å². The summed E-state index contributed by atoms with van der Waals surface area (Å²) in [6, 6.07) is 12.8. The van der Waals surface area contributed by atoms with Crippen LogP contribution in [0.2, 0.25) is 0 Å². The maximum absolute atomic E-state index is 14.7. The molecule has 4 unspecified atom stereocenters. The molecule has 9 heteroatoms. The Bertz CT molecular complexity index is 1430. The van der Waals surface area contributed by atoms with Crippen LogP contribution >= 0.6 is 0 Å². The van der Waals surface area contributed by atoms with Crippen molar-refractivity contribution < 1.29 is 28.7 Å². The minimum atomic E-state index is -1.28. The largest absolute Gasteiger partial charge is 0.458 e. The number of alkyl carbamates (subject to hydrolysis) is 1. The molecule has 0 aliphatic rings. The molecule has 0 spiro atoms. The van der Waals surface area contributed by atoms with Gasteiger partial charge in [0.25, 0.3) is 0 Å². The highest BCUT2D eigenvalue weighted by atomic mass is 16.6. The molecular weight excluding hydrogens is 594 g/mol. The second kappa shape index (κ2) is 16.0. The van der Waals surface area contributed by atoms with Crippen molar-refractivity contribution in [2.75, 3.05) is 0 Å². The lowest BCUT2D eigenvalue weighted by molar-refractivity contribution is -0.159. The average Bonchev–Trinajstić information content (AvgIpc) is 2.95.